The van der Waals surface area contributed by atoms with Crippen molar-refractivity contribution in [2.24, 2.45) is 5.92 Å². The van der Waals surface area contributed by atoms with E-state index >= 15 is 0 Å². The topological polar surface area (TPSA) is 17.8 Å². The molecule has 1 aromatic heterocycles. The first-order valence-corrected chi connectivity index (χ1v) is 3.95. The molecular weight excluding hydrogens is 143 g/mol. The van der Waals surface area contributed by atoms with E-state index < -0.39 is 0 Å². The lowest BCUT2D eigenvalue weighted by atomic mass is 10.4. The van der Waals surface area contributed by atoms with Crippen LogP contribution in [0.2, 0.25) is 0 Å². The molecule has 0 radical (unpaired) electrons. The maximum absolute atomic E-state index is 12.7. The summed E-state index contributed by atoms with van der Waals surface area (Å²) in [6.45, 7) is 2.64. The summed E-state index contributed by atoms with van der Waals surface area (Å²) in [4.78, 5) is 0. The van der Waals surface area contributed by atoms with Crippen molar-refractivity contribution in [2.75, 3.05) is 0 Å². The van der Waals surface area contributed by atoms with Crippen LogP contribution in [0.5, 0.6) is 0 Å². The largest absolute Gasteiger partial charge is 0.269 e. The number of nitrogens with zero attached hydrogens (tertiary/aromatic N) is 2. The van der Waals surface area contributed by atoms with Crippen LogP contribution in [0, 0.1) is 18.8 Å². The quantitative estimate of drug-likeness (QED) is 0.634. The Hall–Kier alpha value is -0.860. The van der Waals surface area contributed by atoms with Crippen LogP contribution in [0.1, 0.15) is 18.4 Å². The van der Waals surface area contributed by atoms with Gasteiger partial charge in [0.15, 0.2) is 0 Å². The molecule has 0 amide bonds. The summed E-state index contributed by atoms with van der Waals surface area (Å²) >= 11 is 0. The van der Waals surface area contributed by atoms with E-state index in [-0.39, 0.29) is 5.95 Å². The van der Waals surface area contributed by atoms with Crippen LogP contribution in [0.3, 0.4) is 0 Å². The van der Waals surface area contributed by atoms with Crippen molar-refractivity contribution in [2.45, 2.75) is 26.3 Å². The van der Waals surface area contributed by atoms with Gasteiger partial charge in [0.2, 0.25) is 5.95 Å². The predicted octanol–water partition coefficient (Wildman–Crippen LogP) is 1.74. The Morgan fingerprint density at radius 2 is 2.45 bits per heavy atom. The summed E-state index contributed by atoms with van der Waals surface area (Å²) in [6, 6.07) is 0. The molecule has 1 heterocycles. The lowest BCUT2D eigenvalue weighted by Gasteiger charge is -1.95. The van der Waals surface area contributed by atoms with Gasteiger partial charge in [-0.1, -0.05) is 0 Å². The fraction of sp³-hybridized carbons (Fsp3) is 0.625. The van der Waals surface area contributed by atoms with Crippen LogP contribution in [0.25, 0.3) is 0 Å². The maximum Gasteiger partial charge on any atom is 0.235 e. The van der Waals surface area contributed by atoms with Crippen molar-refractivity contribution in [1.82, 2.24) is 9.78 Å². The van der Waals surface area contributed by atoms with Crippen LogP contribution in [0.4, 0.5) is 4.39 Å². The summed E-state index contributed by atoms with van der Waals surface area (Å²) < 4.78 is 14.4. The molecule has 0 aromatic carbocycles. The first-order valence-electron chi connectivity index (χ1n) is 3.95. The third kappa shape index (κ3) is 1.42. The van der Waals surface area contributed by atoms with Crippen LogP contribution in [0.15, 0.2) is 6.20 Å². The minimum absolute atomic E-state index is 0.328. The molecule has 0 bridgehead atoms. The summed E-state index contributed by atoms with van der Waals surface area (Å²) in [7, 11) is 0. The highest BCUT2D eigenvalue weighted by Gasteiger charge is 2.22. The van der Waals surface area contributed by atoms with Gasteiger partial charge in [-0.3, -0.25) is 4.68 Å². The van der Waals surface area contributed by atoms with E-state index in [1.54, 1.807) is 17.8 Å². The SMILES string of the molecule is Cc1cn(CC2CC2)nc1F. The summed E-state index contributed by atoms with van der Waals surface area (Å²) in [5, 5.41) is 3.74. The number of halogens is 1. The predicted molar refractivity (Wildman–Crippen MR) is 39.6 cm³/mol. The third-order valence-corrected chi connectivity index (χ3v) is 2.03. The van der Waals surface area contributed by atoms with Gasteiger partial charge >= 0.3 is 0 Å². The molecule has 0 unspecified atom stereocenters. The van der Waals surface area contributed by atoms with Crippen molar-refractivity contribution < 1.29 is 4.39 Å². The molecular formula is C8H11FN2. The van der Waals surface area contributed by atoms with Crippen molar-refractivity contribution in [3.05, 3.63) is 17.7 Å². The lowest BCUT2D eigenvalue weighted by molar-refractivity contribution is 0.500. The molecule has 2 rings (SSSR count). The van der Waals surface area contributed by atoms with Gasteiger partial charge < -0.3 is 0 Å². The van der Waals surface area contributed by atoms with Gasteiger partial charge in [-0.25, -0.2) is 0 Å². The molecule has 3 heteroatoms. The van der Waals surface area contributed by atoms with Crippen LogP contribution in [-0.2, 0) is 6.54 Å². The fourth-order valence-electron chi connectivity index (χ4n) is 1.16. The number of aromatic nitrogens is 2. The Balaban J connectivity index is 2.11. The van der Waals surface area contributed by atoms with Gasteiger partial charge in [0.05, 0.1) is 0 Å². The fourth-order valence-corrected chi connectivity index (χ4v) is 1.16. The average molecular weight is 154 g/mol. The van der Waals surface area contributed by atoms with E-state index in [4.69, 9.17) is 0 Å². The second kappa shape index (κ2) is 2.32. The molecule has 0 saturated heterocycles. The Labute approximate surface area is 65.0 Å². The van der Waals surface area contributed by atoms with Gasteiger partial charge in [0, 0.05) is 18.3 Å². The molecule has 1 fully saturated rings. The van der Waals surface area contributed by atoms with Crippen molar-refractivity contribution in [3.8, 4) is 0 Å². The molecule has 1 aliphatic rings. The van der Waals surface area contributed by atoms with E-state index in [2.05, 4.69) is 5.10 Å². The number of hydrogen-bond acceptors (Lipinski definition) is 1. The zero-order valence-corrected chi connectivity index (χ0v) is 6.55. The summed E-state index contributed by atoms with van der Waals surface area (Å²) in [6.07, 6.45) is 4.33. The van der Waals surface area contributed by atoms with Gasteiger partial charge in [-0.2, -0.15) is 4.39 Å². The zero-order chi connectivity index (χ0) is 7.84. The van der Waals surface area contributed by atoms with Crippen LogP contribution >= 0.6 is 0 Å². The highest BCUT2D eigenvalue weighted by Crippen LogP contribution is 2.30. The highest BCUT2D eigenvalue weighted by atomic mass is 19.1. The maximum atomic E-state index is 12.7. The first kappa shape index (κ1) is 6.83. The van der Waals surface area contributed by atoms with E-state index in [1.807, 2.05) is 0 Å². The van der Waals surface area contributed by atoms with E-state index in [0.717, 1.165) is 12.5 Å². The second-order valence-corrected chi connectivity index (χ2v) is 3.27. The molecule has 2 nitrogen and oxygen atoms in total. The molecule has 0 atom stereocenters. The van der Waals surface area contributed by atoms with E-state index in [1.165, 1.54) is 12.8 Å². The smallest absolute Gasteiger partial charge is 0.235 e. The van der Waals surface area contributed by atoms with Gasteiger partial charge in [0.25, 0.3) is 0 Å². The molecule has 0 aliphatic heterocycles. The molecule has 1 aliphatic carbocycles. The standard InChI is InChI=1S/C8H11FN2/c1-6-4-11(10-8(6)9)5-7-2-3-7/h4,7H,2-3,5H2,1H3. The second-order valence-electron chi connectivity index (χ2n) is 3.27. The Morgan fingerprint density at radius 1 is 1.73 bits per heavy atom. The van der Waals surface area contributed by atoms with Crippen LogP contribution in [-0.4, -0.2) is 9.78 Å². The lowest BCUT2D eigenvalue weighted by Crippen LogP contribution is -1.99. The average Bonchev–Trinajstić information content (AvgIpc) is 2.65. The van der Waals surface area contributed by atoms with Crippen molar-refractivity contribution >= 4 is 0 Å². The van der Waals surface area contributed by atoms with Crippen molar-refractivity contribution in [3.63, 3.8) is 0 Å². The van der Waals surface area contributed by atoms with E-state index in [9.17, 15) is 4.39 Å². The molecule has 60 valence electrons. The van der Waals surface area contributed by atoms with E-state index in [0.29, 0.717) is 5.56 Å². The molecule has 1 saturated carbocycles. The minimum atomic E-state index is -0.328. The number of rotatable bonds is 2. The van der Waals surface area contributed by atoms with Gasteiger partial charge in [-0.15, -0.1) is 5.10 Å². The molecule has 0 N–H and O–H groups in total. The first-order chi connectivity index (χ1) is 5.25. The molecule has 1 aromatic rings. The normalized spacial score (nSPS) is 17.3. The summed E-state index contributed by atoms with van der Waals surface area (Å²) in [5.41, 5.74) is 0.644. The number of hydrogen-bond donors (Lipinski definition) is 0. The van der Waals surface area contributed by atoms with Gasteiger partial charge in [-0.05, 0) is 25.7 Å². The van der Waals surface area contributed by atoms with Gasteiger partial charge in [0.1, 0.15) is 0 Å². The highest BCUT2D eigenvalue weighted by molar-refractivity contribution is 5.02. The number of aryl methyl sites for hydroxylation is 1. The Kier molecular flexibility index (Phi) is 1.44. The third-order valence-electron chi connectivity index (χ3n) is 2.03. The van der Waals surface area contributed by atoms with Crippen molar-refractivity contribution in [1.29, 1.82) is 0 Å². The molecule has 11 heavy (non-hydrogen) atoms. The monoisotopic (exact) mass is 154 g/mol. The summed E-state index contributed by atoms with van der Waals surface area (Å²) in [5.74, 6) is 0.430. The zero-order valence-electron chi connectivity index (χ0n) is 6.55. The molecule has 0 spiro atoms. The Bertz CT molecular complexity index is 244. The Morgan fingerprint density at radius 3 is 2.91 bits per heavy atom. The van der Waals surface area contributed by atoms with Crippen LogP contribution < -0.4 is 0 Å². The minimum Gasteiger partial charge on any atom is -0.269 e.